The Morgan fingerprint density at radius 3 is 1.91 bits per heavy atom. The summed E-state index contributed by atoms with van der Waals surface area (Å²) in [5.41, 5.74) is 11.8. The molecule has 3 aromatic rings. The predicted molar refractivity (Wildman–Crippen MR) is 186 cm³/mol. The fraction of sp³-hybridized carbons (Fsp3) is 0.452. The van der Waals surface area contributed by atoms with E-state index in [1.807, 2.05) is 6.07 Å². The second-order valence-corrected chi connectivity index (χ2v) is 17.1. The molecule has 0 amide bonds. The molecule has 1 unspecified atom stereocenters. The molecule has 0 heterocycles. The maximum Gasteiger partial charge on any atom is -1.00 e. The van der Waals surface area contributed by atoms with Crippen LogP contribution in [0.2, 0.25) is 0 Å². The van der Waals surface area contributed by atoms with E-state index in [4.69, 9.17) is 0 Å². The zero-order valence-corrected chi connectivity index (χ0v) is 33.6. The van der Waals surface area contributed by atoms with Gasteiger partial charge in [-0.05, 0) is 28.4 Å². The summed E-state index contributed by atoms with van der Waals surface area (Å²) in [6.07, 6.45) is 12.9. The van der Waals surface area contributed by atoms with Gasteiger partial charge in [-0.1, -0.05) is 124 Å². The Hall–Kier alpha value is -1.53. The monoisotopic (exact) mass is 718 g/mol. The van der Waals surface area contributed by atoms with Gasteiger partial charge in [0.2, 0.25) is 0 Å². The van der Waals surface area contributed by atoms with Crippen molar-refractivity contribution in [3.63, 3.8) is 0 Å². The number of unbranched alkanes of at least 4 members (excludes halogenated alkanes) is 1. The summed E-state index contributed by atoms with van der Waals surface area (Å²) in [4.78, 5) is 0. The van der Waals surface area contributed by atoms with Crippen LogP contribution in [0.4, 0.5) is 0 Å². The van der Waals surface area contributed by atoms with E-state index < -0.39 is 0 Å². The molecule has 0 radical (unpaired) electrons. The molecule has 0 spiro atoms. The third-order valence-electron chi connectivity index (χ3n) is 8.24. The molecule has 0 saturated carbocycles. The molecule has 2 aliphatic carbocycles. The summed E-state index contributed by atoms with van der Waals surface area (Å²) >= 11 is 1.51. The van der Waals surface area contributed by atoms with Crippen molar-refractivity contribution < 1.29 is 49.0 Å². The van der Waals surface area contributed by atoms with Crippen molar-refractivity contribution in [2.75, 3.05) is 0 Å². The minimum atomic E-state index is 0. The van der Waals surface area contributed by atoms with Gasteiger partial charge in [-0.25, -0.2) is 6.08 Å². The molecule has 0 nitrogen and oxygen atoms in total. The molecule has 1 atom stereocenters. The Kier molecular flexibility index (Phi) is 16.2. The van der Waals surface area contributed by atoms with Crippen molar-refractivity contribution in [1.82, 2.24) is 0 Å². The Balaban J connectivity index is 0.000000363. The van der Waals surface area contributed by atoms with Crippen LogP contribution in [-0.4, -0.2) is 3.21 Å². The minimum Gasteiger partial charge on any atom is -1.00 e. The largest absolute Gasteiger partial charge is 1.00 e. The topological polar surface area (TPSA) is 0 Å². The first-order valence-corrected chi connectivity index (χ1v) is 17.3. The number of hydrogen-bond donors (Lipinski definition) is 0. The molecule has 0 saturated heterocycles. The van der Waals surface area contributed by atoms with E-state index in [-0.39, 0.29) is 35.6 Å². The van der Waals surface area contributed by atoms with Gasteiger partial charge in [-0.2, -0.15) is 35.4 Å². The molecule has 5 rings (SSSR count). The standard InChI is InChI=1S/C21H25.C13H21.C8H8.2ClH.Zr/c1-20(2,3)16-7-9-18-14(12-16)11-15-13-17(21(4,5)6)8-10-19(15)18;1-5-6-7-11-8-9-12(10-11)13(2,3)4;1-2-8-6-4-3-5-7-8;;;/h7-10,12H,11H2,1-6H3;9-11H,5-7H2,1-4H3;3-7H,1H3;2*1H;/q2*-1;;;;+2/p-2. The van der Waals surface area contributed by atoms with E-state index in [2.05, 4.69) is 155 Å². The van der Waals surface area contributed by atoms with E-state index in [0.29, 0.717) is 11.3 Å². The van der Waals surface area contributed by atoms with E-state index in [9.17, 15) is 0 Å². The van der Waals surface area contributed by atoms with Crippen molar-refractivity contribution >= 4 is 3.21 Å². The molecule has 0 fully saturated rings. The van der Waals surface area contributed by atoms with Gasteiger partial charge in [0.1, 0.15) is 0 Å². The first-order chi connectivity index (χ1) is 20.0. The van der Waals surface area contributed by atoms with Crippen LogP contribution in [0, 0.1) is 23.5 Å². The van der Waals surface area contributed by atoms with Gasteiger partial charge in [-0.3, -0.25) is 6.08 Å². The molecule has 0 aromatic heterocycles. The number of allylic oxidation sites excluding steroid dienone is 4. The van der Waals surface area contributed by atoms with Gasteiger partial charge in [0.15, 0.2) is 0 Å². The van der Waals surface area contributed by atoms with Crippen molar-refractivity contribution in [3.05, 3.63) is 118 Å². The number of hydrogen-bond acceptors (Lipinski definition) is 0. The van der Waals surface area contributed by atoms with Gasteiger partial charge < -0.3 is 24.8 Å². The van der Waals surface area contributed by atoms with Crippen LogP contribution in [0.3, 0.4) is 0 Å². The average molecular weight is 721 g/mol. The van der Waals surface area contributed by atoms with Crippen LogP contribution in [0.25, 0.3) is 11.1 Å². The summed E-state index contributed by atoms with van der Waals surface area (Å²) in [5.74, 6) is 0.592. The molecule has 0 bridgehead atoms. The van der Waals surface area contributed by atoms with Crippen LogP contribution >= 0.6 is 0 Å². The Bertz CT molecular complexity index is 1380. The van der Waals surface area contributed by atoms with Crippen LogP contribution < -0.4 is 24.8 Å². The van der Waals surface area contributed by atoms with Crippen molar-refractivity contribution in [3.8, 4) is 11.1 Å². The Morgan fingerprint density at radius 1 is 0.800 bits per heavy atom. The average Bonchev–Trinajstić information content (AvgIpc) is 3.56. The number of rotatable bonds is 4. The van der Waals surface area contributed by atoms with Crippen LogP contribution in [0.1, 0.15) is 123 Å². The second kappa shape index (κ2) is 17.6. The van der Waals surface area contributed by atoms with Crippen molar-refractivity contribution in [2.45, 2.75) is 113 Å². The summed E-state index contributed by atoms with van der Waals surface area (Å²) in [6, 6.07) is 25.6. The van der Waals surface area contributed by atoms with E-state index >= 15 is 0 Å². The van der Waals surface area contributed by atoms with E-state index in [0.717, 1.165) is 6.42 Å². The van der Waals surface area contributed by atoms with E-state index in [1.54, 1.807) is 0 Å². The van der Waals surface area contributed by atoms with Gasteiger partial charge in [0.05, 0.1) is 0 Å². The smallest absolute Gasteiger partial charge is 1.00 e. The molecule has 45 heavy (non-hydrogen) atoms. The Morgan fingerprint density at radius 2 is 1.42 bits per heavy atom. The van der Waals surface area contributed by atoms with Crippen LogP contribution in [-0.2, 0) is 41.5 Å². The third-order valence-corrected chi connectivity index (χ3v) is 8.95. The van der Waals surface area contributed by atoms with Crippen molar-refractivity contribution in [2.24, 2.45) is 11.3 Å². The van der Waals surface area contributed by atoms with Crippen molar-refractivity contribution in [1.29, 1.82) is 0 Å². The second-order valence-electron chi connectivity index (χ2n) is 15.2. The van der Waals surface area contributed by atoms with E-state index in [1.165, 1.54) is 91.2 Å². The third kappa shape index (κ3) is 12.2. The molecule has 2 aliphatic rings. The molecule has 0 aliphatic heterocycles. The van der Waals surface area contributed by atoms with Gasteiger partial charge >= 0.3 is 70.3 Å². The number of fused-ring (bicyclic) bond motifs is 3. The first kappa shape index (κ1) is 41.5. The van der Waals surface area contributed by atoms with Crippen LogP contribution in [0.15, 0.2) is 78.4 Å². The number of halogens is 2. The summed E-state index contributed by atoms with van der Waals surface area (Å²) in [7, 11) is 0. The number of benzene rings is 3. The molecular formula is C42H54Cl2Zr-2. The fourth-order valence-electron chi connectivity index (χ4n) is 5.28. The van der Waals surface area contributed by atoms with Crippen LogP contribution in [0.5, 0.6) is 0 Å². The maximum atomic E-state index is 3.67. The first-order valence-electron chi connectivity index (χ1n) is 16.1. The normalized spacial score (nSPS) is 14.8. The fourth-order valence-corrected chi connectivity index (χ4v) is 5.69. The summed E-state index contributed by atoms with van der Waals surface area (Å²) in [5, 5.41) is 0. The van der Waals surface area contributed by atoms with Gasteiger partial charge in [0, 0.05) is 0 Å². The molecule has 3 heteroatoms. The molecular weight excluding hydrogens is 667 g/mol. The molecule has 0 N–H and O–H groups in total. The minimum absolute atomic E-state index is 0. The summed E-state index contributed by atoms with van der Waals surface area (Å²) < 4.78 is 1.46. The maximum absolute atomic E-state index is 3.67. The van der Waals surface area contributed by atoms with Gasteiger partial charge in [-0.15, -0.1) is 11.1 Å². The SMILES string of the molecule is CC(C)(C)c1[c-]c2c(cc1)-c1ccc(C(C)(C)C)cc1C2.CCCCC1[C-]=CC(C(C)(C)C)=C1.C[C](=[Zr+2])c1ccccc1.[Cl-].[Cl-]. The zero-order chi connectivity index (χ0) is 32.0. The zero-order valence-electron chi connectivity index (χ0n) is 29.6. The predicted octanol–water partition coefficient (Wildman–Crippen LogP) is 5.57. The molecule has 242 valence electrons. The summed E-state index contributed by atoms with van der Waals surface area (Å²) in [6.45, 7) is 24.8. The Labute approximate surface area is 303 Å². The van der Waals surface area contributed by atoms with Gasteiger partial charge in [0.25, 0.3) is 0 Å². The quantitative estimate of drug-likeness (QED) is 0.242. The molecule has 3 aromatic carbocycles.